The van der Waals surface area contributed by atoms with Gasteiger partial charge in [-0.1, -0.05) is 29.3 Å². The zero-order valence-electron chi connectivity index (χ0n) is 9.68. The molecule has 0 atom stereocenters. The number of halogens is 1. The van der Waals surface area contributed by atoms with Crippen molar-refractivity contribution in [2.75, 3.05) is 13.2 Å². The second kappa shape index (κ2) is 5.69. The van der Waals surface area contributed by atoms with Crippen LogP contribution >= 0.6 is 15.9 Å². The lowest BCUT2D eigenvalue weighted by atomic mass is 10.1. The molecule has 0 aromatic heterocycles. The topological polar surface area (TPSA) is 21.3 Å². The number of unbranched alkanes of at least 4 members (excludes halogenated alkanes) is 1. The highest BCUT2D eigenvalue weighted by atomic mass is 79.9. The van der Waals surface area contributed by atoms with Crippen LogP contribution in [0.5, 0.6) is 5.75 Å². The van der Waals surface area contributed by atoms with Gasteiger partial charge in [-0.15, -0.1) is 0 Å². The van der Waals surface area contributed by atoms with E-state index in [4.69, 9.17) is 4.74 Å². The third-order valence-corrected chi connectivity index (χ3v) is 3.31. The predicted octanol–water partition coefficient (Wildman–Crippen LogP) is 3.27. The van der Waals surface area contributed by atoms with Crippen molar-refractivity contribution < 1.29 is 4.74 Å². The van der Waals surface area contributed by atoms with Crippen LogP contribution in [-0.4, -0.2) is 13.2 Å². The molecular formula is C13H18BrNO. The number of hydrogen-bond donors (Lipinski definition) is 1. The number of nitrogens with one attached hydrogen (secondary N) is 1. The first-order valence-corrected chi connectivity index (χ1v) is 6.75. The lowest BCUT2D eigenvalue weighted by Gasteiger charge is -2.10. The Balaban J connectivity index is 2.03. The van der Waals surface area contributed by atoms with Crippen LogP contribution in [0.15, 0.2) is 16.6 Å². The highest BCUT2D eigenvalue weighted by molar-refractivity contribution is 9.10. The highest BCUT2D eigenvalue weighted by Crippen LogP contribution is 2.32. The Kier molecular flexibility index (Phi) is 4.24. The Labute approximate surface area is 106 Å². The summed E-state index contributed by atoms with van der Waals surface area (Å²) in [4.78, 5) is 0. The number of benzene rings is 1. The first-order valence-electron chi connectivity index (χ1n) is 5.96. The van der Waals surface area contributed by atoms with E-state index in [1.54, 1.807) is 0 Å². The van der Waals surface area contributed by atoms with Crippen LogP contribution in [0.25, 0.3) is 0 Å². The summed E-state index contributed by atoms with van der Waals surface area (Å²) < 4.78 is 6.84. The van der Waals surface area contributed by atoms with Gasteiger partial charge in [-0.2, -0.15) is 0 Å². The van der Waals surface area contributed by atoms with Crippen molar-refractivity contribution in [3.05, 3.63) is 27.7 Å². The Hall–Kier alpha value is -0.540. The molecule has 0 unspecified atom stereocenters. The summed E-state index contributed by atoms with van der Waals surface area (Å²) in [5, 5.41) is 3.46. The molecule has 2 nitrogen and oxygen atoms in total. The van der Waals surface area contributed by atoms with Crippen molar-refractivity contribution in [3.8, 4) is 5.75 Å². The molecule has 0 aliphatic carbocycles. The van der Waals surface area contributed by atoms with Crippen LogP contribution in [0.3, 0.4) is 0 Å². The van der Waals surface area contributed by atoms with Crippen LogP contribution in [-0.2, 0) is 13.0 Å². The number of hydrogen-bond acceptors (Lipinski definition) is 2. The van der Waals surface area contributed by atoms with E-state index in [1.165, 1.54) is 24.0 Å². The summed E-state index contributed by atoms with van der Waals surface area (Å²) in [6.45, 7) is 5.02. The molecule has 3 heteroatoms. The monoisotopic (exact) mass is 283 g/mol. The van der Waals surface area contributed by atoms with Crippen molar-refractivity contribution in [2.45, 2.75) is 32.7 Å². The number of ether oxygens (including phenoxy) is 1. The molecule has 16 heavy (non-hydrogen) atoms. The van der Waals surface area contributed by atoms with Gasteiger partial charge in [0.25, 0.3) is 0 Å². The smallest absolute Gasteiger partial charge is 0.127 e. The van der Waals surface area contributed by atoms with Crippen LogP contribution in [0.4, 0.5) is 0 Å². The molecule has 0 saturated carbocycles. The predicted molar refractivity (Wildman–Crippen MR) is 70.0 cm³/mol. The van der Waals surface area contributed by atoms with E-state index in [-0.39, 0.29) is 0 Å². The minimum atomic E-state index is 0.827. The van der Waals surface area contributed by atoms with Gasteiger partial charge in [-0.3, -0.25) is 0 Å². The molecule has 0 spiro atoms. The van der Waals surface area contributed by atoms with Crippen molar-refractivity contribution >= 4 is 15.9 Å². The molecule has 1 aliphatic rings. The highest BCUT2D eigenvalue weighted by Gasteiger charge is 2.16. The molecule has 0 fully saturated rings. The summed E-state index contributed by atoms with van der Waals surface area (Å²) in [5.74, 6) is 1.10. The maximum Gasteiger partial charge on any atom is 0.127 e. The van der Waals surface area contributed by atoms with Crippen molar-refractivity contribution in [2.24, 2.45) is 0 Å². The first kappa shape index (κ1) is 11.9. The normalized spacial score (nSPS) is 13.6. The van der Waals surface area contributed by atoms with Gasteiger partial charge < -0.3 is 10.1 Å². The second-order valence-corrected chi connectivity index (χ2v) is 5.10. The minimum Gasteiger partial charge on any atom is -0.493 e. The summed E-state index contributed by atoms with van der Waals surface area (Å²) in [6.07, 6.45) is 3.51. The van der Waals surface area contributed by atoms with Crippen molar-refractivity contribution in [3.63, 3.8) is 0 Å². The lowest BCUT2D eigenvalue weighted by Crippen LogP contribution is -2.15. The first-order chi connectivity index (χ1) is 7.81. The van der Waals surface area contributed by atoms with Gasteiger partial charge in [0.1, 0.15) is 5.75 Å². The summed E-state index contributed by atoms with van der Waals surface area (Å²) >= 11 is 3.56. The fourth-order valence-electron chi connectivity index (χ4n) is 2.00. The van der Waals surface area contributed by atoms with Gasteiger partial charge in [0.05, 0.1) is 6.61 Å². The fraction of sp³-hybridized carbons (Fsp3) is 0.538. The Morgan fingerprint density at radius 2 is 2.31 bits per heavy atom. The standard InChI is InChI=1S/C13H18BrNO/c1-2-3-5-15-9-11-8-12(14)7-10-4-6-16-13(10)11/h7-8,15H,2-6,9H2,1H3. The van der Waals surface area contributed by atoms with Crippen LogP contribution in [0.2, 0.25) is 0 Å². The van der Waals surface area contributed by atoms with Gasteiger partial charge in [0, 0.05) is 23.0 Å². The van der Waals surface area contributed by atoms with Crippen molar-refractivity contribution in [1.29, 1.82) is 0 Å². The second-order valence-electron chi connectivity index (χ2n) is 4.18. The van der Waals surface area contributed by atoms with E-state index in [1.807, 2.05) is 0 Å². The molecule has 88 valence electrons. The molecule has 1 N–H and O–H groups in total. The third-order valence-electron chi connectivity index (χ3n) is 2.85. The van der Waals surface area contributed by atoms with Gasteiger partial charge in [0.15, 0.2) is 0 Å². The molecule has 0 amide bonds. The summed E-state index contributed by atoms with van der Waals surface area (Å²) in [5.41, 5.74) is 2.61. The molecule has 2 rings (SSSR count). The molecule has 0 radical (unpaired) electrons. The zero-order valence-corrected chi connectivity index (χ0v) is 11.3. The van der Waals surface area contributed by atoms with Gasteiger partial charge in [-0.05, 0) is 30.7 Å². The summed E-state index contributed by atoms with van der Waals surface area (Å²) in [7, 11) is 0. The molecule has 1 aromatic rings. The molecule has 0 saturated heterocycles. The van der Waals surface area contributed by atoms with Crippen molar-refractivity contribution in [1.82, 2.24) is 5.32 Å². The molecular weight excluding hydrogens is 266 g/mol. The lowest BCUT2D eigenvalue weighted by molar-refractivity contribution is 0.352. The average Bonchev–Trinajstić information content (AvgIpc) is 2.72. The average molecular weight is 284 g/mol. The molecule has 0 bridgehead atoms. The molecule has 1 aliphatic heterocycles. The van der Waals surface area contributed by atoms with Crippen LogP contribution < -0.4 is 10.1 Å². The van der Waals surface area contributed by atoms with Crippen LogP contribution in [0.1, 0.15) is 30.9 Å². The zero-order chi connectivity index (χ0) is 11.4. The third kappa shape index (κ3) is 2.77. The van der Waals surface area contributed by atoms with Crippen LogP contribution in [0, 0.1) is 0 Å². The van der Waals surface area contributed by atoms with E-state index in [0.717, 1.165) is 36.3 Å². The molecule has 1 heterocycles. The minimum absolute atomic E-state index is 0.827. The van der Waals surface area contributed by atoms with Gasteiger partial charge in [0.2, 0.25) is 0 Å². The van der Waals surface area contributed by atoms with Gasteiger partial charge >= 0.3 is 0 Å². The number of fused-ring (bicyclic) bond motifs is 1. The summed E-state index contributed by atoms with van der Waals surface area (Å²) in [6, 6.07) is 4.32. The van der Waals surface area contributed by atoms with E-state index < -0.39 is 0 Å². The SMILES string of the molecule is CCCCNCc1cc(Br)cc2c1OCC2. The quantitative estimate of drug-likeness (QED) is 0.838. The fourth-order valence-corrected chi connectivity index (χ4v) is 2.55. The van der Waals surface area contributed by atoms with E-state index in [0.29, 0.717) is 0 Å². The Morgan fingerprint density at radius 3 is 3.12 bits per heavy atom. The largest absolute Gasteiger partial charge is 0.493 e. The maximum atomic E-state index is 5.68. The van der Waals surface area contributed by atoms with E-state index in [2.05, 4.69) is 40.3 Å². The van der Waals surface area contributed by atoms with E-state index >= 15 is 0 Å². The number of rotatable bonds is 5. The Bertz CT molecular complexity index is 365. The van der Waals surface area contributed by atoms with E-state index in [9.17, 15) is 0 Å². The Morgan fingerprint density at radius 1 is 1.44 bits per heavy atom. The maximum absolute atomic E-state index is 5.68. The molecule has 1 aromatic carbocycles. The van der Waals surface area contributed by atoms with Gasteiger partial charge in [-0.25, -0.2) is 0 Å².